The summed E-state index contributed by atoms with van der Waals surface area (Å²) in [5.41, 5.74) is 1.90. The van der Waals surface area contributed by atoms with E-state index in [1.165, 1.54) is 12.3 Å². The Morgan fingerprint density at radius 1 is 1.50 bits per heavy atom. The van der Waals surface area contributed by atoms with Gasteiger partial charge in [-0.05, 0) is 36.2 Å². The number of anilines is 1. The zero-order valence-corrected chi connectivity index (χ0v) is 9.28. The Balaban J connectivity index is 2.17. The van der Waals surface area contributed by atoms with Gasteiger partial charge < -0.3 is 9.73 Å². The second-order valence-electron chi connectivity index (χ2n) is 3.31. The van der Waals surface area contributed by atoms with Crippen molar-refractivity contribution >= 4 is 23.2 Å². The molecular weight excluding hydrogens is 228 g/mol. The summed E-state index contributed by atoms with van der Waals surface area (Å²) < 4.78 is 4.84. The molecule has 2 heterocycles. The van der Waals surface area contributed by atoms with Gasteiger partial charge in [0.1, 0.15) is 0 Å². The highest BCUT2D eigenvalue weighted by Crippen LogP contribution is 2.18. The number of halogens is 1. The predicted octanol–water partition coefficient (Wildman–Crippen LogP) is 2.89. The van der Waals surface area contributed by atoms with Gasteiger partial charge in [-0.15, -0.1) is 0 Å². The number of carbonyl (C=O) groups is 1. The number of aryl methyl sites for hydroxylation is 1. The van der Waals surface area contributed by atoms with Gasteiger partial charge in [0.2, 0.25) is 5.22 Å². The summed E-state index contributed by atoms with van der Waals surface area (Å²) >= 11 is 5.69. The van der Waals surface area contributed by atoms with Gasteiger partial charge in [0.05, 0.1) is 23.7 Å². The normalized spacial score (nSPS) is 10.1. The van der Waals surface area contributed by atoms with E-state index in [2.05, 4.69) is 10.3 Å². The monoisotopic (exact) mass is 236 g/mol. The lowest BCUT2D eigenvalue weighted by molar-refractivity contribution is 0.102. The van der Waals surface area contributed by atoms with E-state index >= 15 is 0 Å². The predicted molar refractivity (Wildman–Crippen MR) is 60.6 cm³/mol. The van der Waals surface area contributed by atoms with Crippen molar-refractivity contribution in [2.45, 2.75) is 6.92 Å². The smallest absolute Gasteiger partial charge is 0.260 e. The van der Waals surface area contributed by atoms with Crippen LogP contribution in [0.15, 0.2) is 35.2 Å². The largest absolute Gasteiger partial charge is 0.452 e. The Morgan fingerprint density at radius 3 is 2.94 bits per heavy atom. The van der Waals surface area contributed by atoms with Gasteiger partial charge in [-0.3, -0.25) is 9.78 Å². The average Bonchev–Trinajstić information content (AvgIpc) is 2.64. The maximum atomic E-state index is 11.7. The number of carbonyl (C=O) groups excluding carboxylic acids is 1. The van der Waals surface area contributed by atoms with E-state index in [4.69, 9.17) is 16.0 Å². The Hall–Kier alpha value is -1.81. The molecule has 0 aliphatic rings. The first-order chi connectivity index (χ1) is 7.66. The third-order valence-electron chi connectivity index (χ3n) is 2.00. The zero-order valence-electron chi connectivity index (χ0n) is 8.53. The van der Waals surface area contributed by atoms with Crippen LogP contribution in [0.1, 0.15) is 15.9 Å². The molecule has 0 saturated carbocycles. The molecule has 2 rings (SSSR count). The molecule has 0 atom stereocenters. The molecule has 0 saturated heterocycles. The quantitative estimate of drug-likeness (QED) is 0.872. The molecule has 0 fully saturated rings. The highest BCUT2D eigenvalue weighted by atomic mass is 35.5. The average molecular weight is 237 g/mol. The summed E-state index contributed by atoms with van der Waals surface area (Å²) in [7, 11) is 0. The van der Waals surface area contributed by atoms with Crippen LogP contribution in [0.3, 0.4) is 0 Å². The maximum absolute atomic E-state index is 11.7. The van der Waals surface area contributed by atoms with E-state index in [9.17, 15) is 4.79 Å². The van der Waals surface area contributed by atoms with Crippen LogP contribution in [-0.2, 0) is 0 Å². The lowest BCUT2D eigenvalue weighted by Gasteiger charge is -2.03. The number of rotatable bonds is 2. The standard InChI is InChI=1S/C11H9ClN2O2/c1-7-4-8(6-13-5-7)14-11(15)9-2-3-16-10(9)12/h2-6H,1H3,(H,14,15). The van der Waals surface area contributed by atoms with Crippen LogP contribution >= 0.6 is 11.6 Å². The Labute approximate surface area is 97.2 Å². The molecule has 1 N–H and O–H groups in total. The van der Waals surface area contributed by atoms with Gasteiger partial charge in [0.15, 0.2) is 0 Å². The van der Waals surface area contributed by atoms with Gasteiger partial charge in [-0.2, -0.15) is 0 Å². The first kappa shape index (κ1) is 10.7. The summed E-state index contributed by atoms with van der Waals surface area (Å²) in [5.74, 6) is -0.314. The summed E-state index contributed by atoms with van der Waals surface area (Å²) in [5, 5.41) is 2.76. The Kier molecular flexibility index (Phi) is 2.92. The highest BCUT2D eigenvalue weighted by Gasteiger charge is 2.12. The minimum atomic E-state index is -0.314. The van der Waals surface area contributed by atoms with Gasteiger partial charge in [-0.1, -0.05) is 0 Å². The summed E-state index contributed by atoms with van der Waals surface area (Å²) in [6, 6.07) is 3.33. The summed E-state index contributed by atoms with van der Waals surface area (Å²) in [4.78, 5) is 15.7. The van der Waals surface area contributed by atoms with Gasteiger partial charge >= 0.3 is 0 Å². The number of nitrogens with zero attached hydrogens (tertiary/aromatic N) is 1. The van der Waals surface area contributed by atoms with Crippen molar-refractivity contribution < 1.29 is 9.21 Å². The fourth-order valence-corrected chi connectivity index (χ4v) is 1.48. The lowest BCUT2D eigenvalue weighted by atomic mass is 10.2. The molecule has 2 aromatic heterocycles. The number of hydrogen-bond donors (Lipinski definition) is 1. The molecular formula is C11H9ClN2O2. The number of amides is 1. The van der Waals surface area contributed by atoms with Gasteiger partial charge in [0.25, 0.3) is 5.91 Å². The lowest BCUT2D eigenvalue weighted by Crippen LogP contribution is -2.11. The van der Waals surface area contributed by atoms with Crippen molar-refractivity contribution in [3.05, 3.63) is 47.1 Å². The van der Waals surface area contributed by atoms with Crippen molar-refractivity contribution in [2.24, 2.45) is 0 Å². The maximum Gasteiger partial charge on any atom is 0.260 e. The van der Waals surface area contributed by atoms with Gasteiger partial charge in [-0.25, -0.2) is 0 Å². The molecule has 82 valence electrons. The van der Waals surface area contributed by atoms with Crippen molar-refractivity contribution in [2.75, 3.05) is 5.32 Å². The van der Waals surface area contributed by atoms with Crippen LogP contribution in [0.2, 0.25) is 5.22 Å². The van der Waals surface area contributed by atoms with Gasteiger partial charge in [0, 0.05) is 6.20 Å². The number of hydrogen-bond acceptors (Lipinski definition) is 3. The van der Waals surface area contributed by atoms with E-state index in [1.807, 2.05) is 13.0 Å². The van der Waals surface area contributed by atoms with Crippen molar-refractivity contribution in [1.82, 2.24) is 4.98 Å². The molecule has 0 spiro atoms. The minimum Gasteiger partial charge on any atom is -0.452 e. The molecule has 0 aromatic carbocycles. The molecule has 4 nitrogen and oxygen atoms in total. The molecule has 0 bridgehead atoms. The Bertz CT molecular complexity index is 522. The minimum absolute atomic E-state index is 0.0816. The molecule has 0 unspecified atom stereocenters. The van der Waals surface area contributed by atoms with E-state index < -0.39 is 0 Å². The zero-order chi connectivity index (χ0) is 11.5. The van der Waals surface area contributed by atoms with Crippen molar-refractivity contribution in [3.8, 4) is 0 Å². The second-order valence-corrected chi connectivity index (χ2v) is 3.66. The fraction of sp³-hybridized carbons (Fsp3) is 0.0909. The SMILES string of the molecule is Cc1cncc(NC(=O)c2ccoc2Cl)c1. The first-order valence-corrected chi connectivity index (χ1v) is 5.00. The number of furan rings is 1. The Morgan fingerprint density at radius 2 is 2.31 bits per heavy atom. The first-order valence-electron chi connectivity index (χ1n) is 4.63. The van der Waals surface area contributed by atoms with Crippen LogP contribution in [0.25, 0.3) is 0 Å². The molecule has 0 aliphatic carbocycles. The molecule has 1 amide bonds. The highest BCUT2D eigenvalue weighted by molar-refractivity contribution is 6.32. The van der Waals surface area contributed by atoms with Crippen molar-refractivity contribution in [3.63, 3.8) is 0 Å². The summed E-state index contributed by atoms with van der Waals surface area (Å²) in [6.07, 6.45) is 4.64. The van der Waals surface area contributed by atoms with Crippen LogP contribution < -0.4 is 5.32 Å². The van der Waals surface area contributed by atoms with E-state index in [0.29, 0.717) is 11.3 Å². The number of nitrogens with one attached hydrogen (secondary N) is 1. The third kappa shape index (κ3) is 2.23. The third-order valence-corrected chi connectivity index (χ3v) is 2.29. The number of pyridine rings is 1. The van der Waals surface area contributed by atoms with Crippen molar-refractivity contribution in [1.29, 1.82) is 0 Å². The molecule has 5 heteroatoms. The topological polar surface area (TPSA) is 55.1 Å². The fourth-order valence-electron chi connectivity index (χ4n) is 1.28. The molecule has 2 aromatic rings. The number of aromatic nitrogens is 1. The molecule has 16 heavy (non-hydrogen) atoms. The van der Waals surface area contributed by atoms with E-state index in [-0.39, 0.29) is 11.1 Å². The van der Waals surface area contributed by atoms with Crippen LogP contribution in [0.4, 0.5) is 5.69 Å². The van der Waals surface area contributed by atoms with Crippen LogP contribution in [0, 0.1) is 6.92 Å². The van der Waals surface area contributed by atoms with Crippen LogP contribution in [0.5, 0.6) is 0 Å². The second kappa shape index (κ2) is 4.37. The summed E-state index contributed by atoms with van der Waals surface area (Å²) in [6.45, 7) is 1.90. The van der Waals surface area contributed by atoms with E-state index in [1.54, 1.807) is 12.4 Å². The molecule has 0 aliphatic heterocycles. The van der Waals surface area contributed by atoms with Crippen LogP contribution in [-0.4, -0.2) is 10.9 Å². The molecule has 0 radical (unpaired) electrons. The van der Waals surface area contributed by atoms with E-state index in [0.717, 1.165) is 5.56 Å².